The minimum Gasteiger partial charge on any atom is -0.293 e. The zero-order chi connectivity index (χ0) is 11.6. The molecule has 0 aliphatic rings. The first-order valence-corrected chi connectivity index (χ1v) is 4.82. The number of Topliss-reactive ketones (excluding diaryl/α,β-unsaturated/α-hetero) is 1. The summed E-state index contributed by atoms with van der Waals surface area (Å²) in [5.41, 5.74) is -1.57. The van der Waals surface area contributed by atoms with Crippen molar-refractivity contribution in [2.45, 2.75) is 0 Å². The van der Waals surface area contributed by atoms with Gasteiger partial charge in [-0.15, -0.1) is 0 Å². The average molecular weight is 280 g/mol. The first-order chi connectivity index (χ1) is 6.99. The Bertz CT molecular complexity index is 436. The molecule has 0 radical (unpaired) electrons. The molecular weight excluding hydrogens is 276 g/mol. The molecule has 0 aromatic heterocycles. The van der Waals surface area contributed by atoms with Crippen molar-refractivity contribution in [3.63, 3.8) is 0 Å². The highest BCUT2D eigenvalue weighted by molar-refractivity contribution is 9.09. The Morgan fingerprint density at radius 2 is 2.07 bits per heavy atom. The van der Waals surface area contributed by atoms with Crippen LogP contribution in [0.1, 0.15) is 10.4 Å². The smallest absolute Gasteiger partial charge is 0.283 e. The molecule has 0 atom stereocenters. The third kappa shape index (κ3) is 2.17. The van der Waals surface area contributed by atoms with Gasteiger partial charge in [-0.3, -0.25) is 14.9 Å². The number of carbonyl (C=O) groups excluding carboxylic acids is 1. The van der Waals surface area contributed by atoms with Gasteiger partial charge in [-0.05, 0) is 6.07 Å². The standard InChI is InChI=1S/C8H4BrF2NO3/c9-3-6(13)7-5(12(14)15)2-1-4(10)8(7)11/h1-2H,3H2. The van der Waals surface area contributed by atoms with Crippen LogP contribution in [0.5, 0.6) is 0 Å². The van der Waals surface area contributed by atoms with E-state index in [1.165, 1.54) is 0 Å². The number of halogens is 3. The largest absolute Gasteiger partial charge is 0.293 e. The molecule has 0 N–H and O–H groups in total. The van der Waals surface area contributed by atoms with Crippen LogP contribution in [0, 0.1) is 21.7 Å². The molecule has 7 heteroatoms. The second-order valence-electron chi connectivity index (χ2n) is 2.57. The fourth-order valence-corrected chi connectivity index (χ4v) is 1.31. The van der Waals surface area contributed by atoms with Gasteiger partial charge in [0.2, 0.25) is 0 Å². The average Bonchev–Trinajstić information content (AvgIpc) is 2.20. The topological polar surface area (TPSA) is 60.2 Å². The summed E-state index contributed by atoms with van der Waals surface area (Å²) < 4.78 is 25.9. The number of hydrogen-bond acceptors (Lipinski definition) is 3. The normalized spacial score (nSPS) is 10.1. The first kappa shape index (κ1) is 11.7. The SMILES string of the molecule is O=C(CBr)c1c([N+](=O)[O-])ccc(F)c1F. The summed E-state index contributed by atoms with van der Waals surface area (Å²) in [6.45, 7) is 0. The van der Waals surface area contributed by atoms with Crippen molar-refractivity contribution >= 4 is 27.4 Å². The van der Waals surface area contributed by atoms with Crippen LogP contribution in [0.3, 0.4) is 0 Å². The van der Waals surface area contributed by atoms with E-state index in [1.54, 1.807) is 0 Å². The summed E-state index contributed by atoms with van der Waals surface area (Å²) in [5, 5.41) is 10.1. The van der Waals surface area contributed by atoms with E-state index in [-0.39, 0.29) is 5.33 Å². The Morgan fingerprint density at radius 3 is 2.53 bits per heavy atom. The number of nitrogens with zero attached hydrogens (tertiary/aromatic N) is 1. The van der Waals surface area contributed by atoms with Crippen molar-refractivity contribution < 1.29 is 18.5 Å². The maximum atomic E-state index is 13.1. The van der Waals surface area contributed by atoms with Gasteiger partial charge in [-0.25, -0.2) is 8.78 Å². The van der Waals surface area contributed by atoms with Crippen LogP contribution in [-0.4, -0.2) is 16.0 Å². The second-order valence-corrected chi connectivity index (χ2v) is 3.13. The number of nitro benzene ring substituents is 1. The van der Waals surface area contributed by atoms with Crippen LogP contribution in [-0.2, 0) is 0 Å². The van der Waals surface area contributed by atoms with Crippen molar-refractivity contribution in [3.8, 4) is 0 Å². The molecule has 1 rings (SSSR count). The van der Waals surface area contributed by atoms with Gasteiger partial charge in [-0.2, -0.15) is 0 Å². The molecule has 0 fully saturated rings. The van der Waals surface area contributed by atoms with E-state index in [1.807, 2.05) is 0 Å². The van der Waals surface area contributed by atoms with Crippen LogP contribution >= 0.6 is 15.9 Å². The monoisotopic (exact) mass is 279 g/mol. The molecule has 0 bridgehead atoms. The number of carbonyl (C=O) groups is 1. The van der Waals surface area contributed by atoms with E-state index >= 15 is 0 Å². The molecule has 4 nitrogen and oxygen atoms in total. The lowest BCUT2D eigenvalue weighted by Gasteiger charge is -2.01. The predicted molar refractivity (Wildman–Crippen MR) is 51.1 cm³/mol. The summed E-state index contributed by atoms with van der Waals surface area (Å²) in [6.07, 6.45) is 0. The summed E-state index contributed by atoms with van der Waals surface area (Å²) in [5.74, 6) is -3.66. The zero-order valence-electron chi connectivity index (χ0n) is 7.17. The van der Waals surface area contributed by atoms with E-state index in [0.717, 1.165) is 6.07 Å². The first-order valence-electron chi connectivity index (χ1n) is 3.70. The molecule has 15 heavy (non-hydrogen) atoms. The minimum absolute atomic E-state index is 0.311. The number of benzene rings is 1. The predicted octanol–water partition coefficient (Wildman–Crippen LogP) is 2.45. The van der Waals surface area contributed by atoms with E-state index in [2.05, 4.69) is 15.9 Å². The highest BCUT2D eigenvalue weighted by Crippen LogP contribution is 2.24. The summed E-state index contributed by atoms with van der Waals surface area (Å²) >= 11 is 2.73. The Labute approximate surface area is 91.2 Å². The molecule has 0 amide bonds. The highest BCUT2D eigenvalue weighted by Gasteiger charge is 2.26. The van der Waals surface area contributed by atoms with Gasteiger partial charge in [0.1, 0.15) is 5.56 Å². The lowest BCUT2D eigenvalue weighted by molar-refractivity contribution is -0.385. The maximum Gasteiger partial charge on any atom is 0.283 e. The van der Waals surface area contributed by atoms with Crippen LogP contribution < -0.4 is 0 Å². The van der Waals surface area contributed by atoms with E-state index in [9.17, 15) is 23.7 Å². The quantitative estimate of drug-likeness (QED) is 0.370. The zero-order valence-corrected chi connectivity index (χ0v) is 8.75. The Balaban J connectivity index is 3.48. The third-order valence-corrected chi connectivity index (χ3v) is 2.18. The van der Waals surface area contributed by atoms with Crippen molar-refractivity contribution in [1.82, 2.24) is 0 Å². The minimum atomic E-state index is -1.49. The Kier molecular flexibility index (Phi) is 3.46. The maximum absolute atomic E-state index is 13.1. The number of rotatable bonds is 3. The Hall–Kier alpha value is -1.37. The summed E-state index contributed by atoms with van der Waals surface area (Å²) in [7, 11) is 0. The molecule has 0 saturated heterocycles. The number of alkyl halides is 1. The van der Waals surface area contributed by atoms with Gasteiger partial charge in [0, 0.05) is 6.07 Å². The van der Waals surface area contributed by atoms with Gasteiger partial charge in [0.25, 0.3) is 5.69 Å². The van der Waals surface area contributed by atoms with E-state index in [0.29, 0.717) is 6.07 Å². The second kappa shape index (κ2) is 4.43. The molecule has 0 aliphatic heterocycles. The van der Waals surface area contributed by atoms with Gasteiger partial charge in [-0.1, -0.05) is 15.9 Å². The van der Waals surface area contributed by atoms with Crippen molar-refractivity contribution in [2.75, 3.05) is 5.33 Å². The van der Waals surface area contributed by atoms with Crippen molar-refractivity contribution in [3.05, 3.63) is 39.4 Å². The van der Waals surface area contributed by atoms with Crippen LogP contribution in [0.2, 0.25) is 0 Å². The van der Waals surface area contributed by atoms with Crippen LogP contribution in [0.25, 0.3) is 0 Å². The van der Waals surface area contributed by atoms with Crippen LogP contribution in [0.15, 0.2) is 12.1 Å². The van der Waals surface area contributed by atoms with Crippen molar-refractivity contribution in [2.24, 2.45) is 0 Å². The molecular formula is C8H4BrF2NO3. The fraction of sp³-hybridized carbons (Fsp3) is 0.125. The lowest BCUT2D eigenvalue weighted by atomic mass is 10.1. The summed E-state index contributed by atoms with van der Waals surface area (Å²) in [4.78, 5) is 20.7. The molecule has 0 unspecified atom stereocenters. The molecule has 1 aromatic carbocycles. The van der Waals surface area contributed by atoms with E-state index in [4.69, 9.17) is 0 Å². The third-order valence-electron chi connectivity index (χ3n) is 1.67. The molecule has 0 heterocycles. The fourth-order valence-electron chi connectivity index (χ4n) is 1.02. The molecule has 0 aliphatic carbocycles. The van der Waals surface area contributed by atoms with Crippen LogP contribution in [0.4, 0.5) is 14.5 Å². The molecule has 1 aromatic rings. The Morgan fingerprint density at radius 1 is 1.47 bits per heavy atom. The highest BCUT2D eigenvalue weighted by atomic mass is 79.9. The molecule has 0 saturated carbocycles. The molecule has 80 valence electrons. The number of ketones is 1. The van der Waals surface area contributed by atoms with Gasteiger partial charge in [0.05, 0.1) is 10.3 Å². The van der Waals surface area contributed by atoms with E-state index < -0.39 is 33.6 Å². The number of hydrogen-bond donors (Lipinski definition) is 0. The van der Waals surface area contributed by atoms with Gasteiger partial charge < -0.3 is 0 Å². The van der Waals surface area contributed by atoms with Gasteiger partial charge >= 0.3 is 0 Å². The lowest BCUT2D eigenvalue weighted by Crippen LogP contribution is -2.09. The van der Waals surface area contributed by atoms with Crippen molar-refractivity contribution in [1.29, 1.82) is 0 Å². The summed E-state index contributed by atoms with van der Waals surface area (Å²) in [6, 6.07) is 1.37. The van der Waals surface area contributed by atoms with Gasteiger partial charge in [0.15, 0.2) is 17.4 Å². The molecule has 0 spiro atoms. The number of nitro groups is 1.